The smallest absolute Gasteiger partial charge is 0.226 e. The predicted octanol–water partition coefficient (Wildman–Crippen LogP) is 1.27. The van der Waals surface area contributed by atoms with Gasteiger partial charge in [0.15, 0.2) is 11.5 Å². The summed E-state index contributed by atoms with van der Waals surface area (Å²) in [5.74, 6) is 1.33. The zero-order chi connectivity index (χ0) is 14.3. The fourth-order valence-corrected chi connectivity index (χ4v) is 1.57. The van der Waals surface area contributed by atoms with Gasteiger partial charge in [-0.2, -0.15) is 0 Å². The van der Waals surface area contributed by atoms with Crippen molar-refractivity contribution in [2.45, 2.75) is 19.4 Å². The molecular weight excluding hydrogens is 244 g/mol. The molecule has 1 amide bonds. The molecule has 0 fully saturated rings. The van der Waals surface area contributed by atoms with Crippen molar-refractivity contribution in [2.24, 2.45) is 5.73 Å². The quantitative estimate of drug-likeness (QED) is 0.807. The van der Waals surface area contributed by atoms with E-state index in [2.05, 4.69) is 0 Å². The van der Waals surface area contributed by atoms with E-state index < -0.39 is 0 Å². The minimum Gasteiger partial charge on any atom is -0.493 e. The first-order chi connectivity index (χ1) is 9.10. The third-order valence-electron chi connectivity index (χ3n) is 3.04. The molecular formula is C14H22N2O3. The number of amides is 1. The van der Waals surface area contributed by atoms with Crippen LogP contribution < -0.4 is 15.2 Å². The van der Waals surface area contributed by atoms with Crippen molar-refractivity contribution in [1.82, 2.24) is 4.90 Å². The molecule has 0 saturated carbocycles. The number of hydrogen-bond donors (Lipinski definition) is 1. The summed E-state index contributed by atoms with van der Waals surface area (Å²) in [5.41, 5.74) is 5.53. The highest BCUT2D eigenvalue weighted by molar-refractivity contribution is 5.76. The Morgan fingerprint density at radius 1 is 1.37 bits per heavy atom. The van der Waals surface area contributed by atoms with E-state index in [1.165, 1.54) is 0 Å². The lowest BCUT2D eigenvalue weighted by Crippen LogP contribution is -2.40. The number of likely N-dealkylation sites (N-methyl/N-ethyl adjacent to an activating group) is 1. The van der Waals surface area contributed by atoms with Gasteiger partial charge in [-0.25, -0.2) is 0 Å². The third-order valence-corrected chi connectivity index (χ3v) is 3.04. The van der Waals surface area contributed by atoms with E-state index in [-0.39, 0.29) is 11.9 Å². The highest BCUT2D eigenvalue weighted by Gasteiger charge is 2.14. The van der Waals surface area contributed by atoms with Crippen molar-refractivity contribution in [1.29, 1.82) is 0 Å². The van der Waals surface area contributed by atoms with Gasteiger partial charge < -0.3 is 20.1 Å². The Labute approximate surface area is 114 Å². The molecule has 106 valence electrons. The Balaban J connectivity index is 2.44. The molecule has 0 radical (unpaired) electrons. The molecule has 1 aromatic rings. The number of para-hydroxylation sites is 2. The number of nitrogens with two attached hydrogens (primary N) is 1. The van der Waals surface area contributed by atoms with Gasteiger partial charge in [-0.05, 0) is 19.1 Å². The van der Waals surface area contributed by atoms with E-state index in [1.54, 1.807) is 19.1 Å². The summed E-state index contributed by atoms with van der Waals surface area (Å²) in [6.45, 7) is 2.69. The summed E-state index contributed by atoms with van der Waals surface area (Å²) in [6.07, 6.45) is 0.318. The van der Waals surface area contributed by atoms with E-state index in [9.17, 15) is 4.79 Å². The van der Waals surface area contributed by atoms with Crippen molar-refractivity contribution < 1.29 is 14.3 Å². The first-order valence-corrected chi connectivity index (χ1v) is 6.31. The van der Waals surface area contributed by atoms with Crippen LogP contribution in [0.25, 0.3) is 0 Å². The second-order valence-corrected chi connectivity index (χ2v) is 4.34. The van der Waals surface area contributed by atoms with Crippen molar-refractivity contribution in [3.63, 3.8) is 0 Å². The highest BCUT2D eigenvalue weighted by atomic mass is 16.5. The zero-order valence-electron chi connectivity index (χ0n) is 11.8. The molecule has 2 N–H and O–H groups in total. The van der Waals surface area contributed by atoms with Crippen LogP contribution >= 0.6 is 0 Å². The van der Waals surface area contributed by atoms with Gasteiger partial charge in [0.1, 0.15) is 0 Å². The first kappa shape index (κ1) is 15.3. The van der Waals surface area contributed by atoms with Crippen molar-refractivity contribution >= 4 is 5.91 Å². The number of carbonyl (C=O) groups excluding carboxylic acids is 1. The van der Waals surface area contributed by atoms with Crippen molar-refractivity contribution in [3.8, 4) is 11.5 Å². The van der Waals surface area contributed by atoms with Gasteiger partial charge in [-0.15, -0.1) is 0 Å². The normalized spacial score (nSPS) is 11.8. The number of rotatable bonds is 7. The predicted molar refractivity (Wildman–Crippen MR) is 74.4 cm³/mol. The van der Waals surface area contributed by atoms with Gasteiger partial charge in [-0.3, -0.25) is 4.79 Å². The molecule has 0 aliphatic carbocycles. The number of hydrogen-bond acceptors (Lipinski definition) is 4. The third kappa shape index (κ3) is 4.44. The maximum absolute atomic E-state index is 11.8. The molecule has 1 atom stereocenters. The average molecular weight is 266 g/mol. The first-order valence-electron chi connectivity index (χ1n) is 6.31. The van der Waals surface area contributed by atoms with E-state index in [0.717, 1.165) is 0 Å². The Hall–Kier alpha value is -1.75. The Morgan fingerprint density at radius 3 is 2.58 bits per heavy atom. The van der Waals surface area contributed by atoms with Crippen molar-refractivity contribution in [3.05, 3.63) is 24.3 Å². The van der Waals surface area contributed by atoms with Crippen LogP contribution in [0.5, 0.6) is 11.5 Å². The second-order valence-electron chi connectivity index (χ2n) is 4.34. The van der Waals surface area contributed by atoms with Gasteiger partial charge in [0, 0.05) is 19.6 Å². The summed E-state index contributed by atoms with van der Waals surface area (Å²) < 4.78 is 10.7. The molecule has 0 aliphatic heterocycles. The van der Waals surface area contributed by atoms with Crippen LogP contribution in [0, 0.1) is 0 Å². The van der Waals surface area contributed by atoms with E-state index >= 15 is 0 Å². The van der Waals surface area contributed by atoms with E-state index in [1.807, 2.05) is 31.2 Å². The summed E-state index contributed by atoms with van der Waals surface area (Å²) >= 11 is 0. The SMILES string of the molecule is COc1ccccc1OCCC(=O)N(C)C(C)CN. The molecule has 1 aromatic carbocycles. The van der Waals surface area contributed by atoms with Crippen LogP contribution in [0.4, 0.5) is 0 Å². The van der Waals surface area contributed by atoms with Crippen LogP contribution in [0.3, 0.4) is 0 Å². The molecule has 19 heavy (non-hydrogen) atoms. The molecule has 0 saturated heterocycles. The van der Waals surface area contributed by atoms with Crippen LogP contribution in [0.15, 0.2) is 24.3 Å². The fourth-order valence-electron chi connectivity index (χ4n) is 1.57. The lowest BCUT2D eigenvalue weighted by molar-refractivity contribution is -0.132. The van der Waals surface area contributed by atoms with E-state index in [4.69, 9.17) is 15.2 Å². The number of ether oxygens (including phenoxy) is 2. The van der Waals surface area contributed by atoms with Crippen LogP contribution in [-0.2, 0) is 4.79 Å². The maximum atomic E-state index is 11.8. The molecule has 1 unspecified atom stereocenters. The standard InChI is InChI=1S/C14H22N2O3/c1-11(10-15)16(2)14(17)8-9-19-13-7-5-4-6-12(13)18-3/h4-7,11H,8-10,15H2,1-3H3. The molecule has 5 heteroatoms. The second kappa shape index (κ2) is 7.63. The topological polar surface area (TPSA) is 64.8 Å². The van der Waals surface area contributed by atoms with Crippen LogP contribution in [0.1, 0.15) is 13.3 Å². The van der Waals surface area contributed by atoms with Crippen LogP contribution in [-0.4, -0.2) is 44.2 Å². The number of nitrogens with zero attached hydrogens (tertiary/aromatic N) is 1. The lowest BCUT2D eigenvalue weighted by Gasteiger charge is -2.23. The van der Waals surface area contributed by atoms with Gasteiger partial charge in [-0.1, -0.05) is 12.1 Å². The molecule has 0 aliphatic rings. The van der Waals surface area contributed by atoms with E-state index in [0.29, 0.717) is 31.1 Å². The summed E-state index contributed by atoms with van der Waals surface area (Å²) in [6, 6.07) is 7.41. The number of methoxy groups -OCH3 is 1. The van der Waals surface area contributed by atoms with Gasteiger partial charge in [0.2, 0.25) is 5.91 Å². The summed E-state index contributed by atoms with van der Waals surface area (Å²) in [5, 5.41) is 0. The zero-order valence-corrected chi connectivity index (χ0v) is 11.8. The number of benzene rings is 1. The Bertz CT molecular complexity index is 409. The van der Waals surface area contributed by atoms with Gasteiger partial charge in [0.25, 0.3) is 0 Å². The highest BCUT2D eigenvalue weighted by Crippen LogP contribution is 2.25. The lowest BCUT2D eigenvalue weighted by atomic mass is 10.2. The monoisotopic (exact) mass is 266 g/mol. The molecule has 0 heterocycles. The minimum absolute atomic E-state index is 0.0212. The summed E-state index contributed by atoms with van der Waals surface area (Å²) in [4.78, 5) is 13.5. The van der Waals surface area contributed by atoms with Gasteiger partial charge in [0.05, 0.1) is 20.1 Å². The fraction of sp³-hybridized carbons (Fsp3) is 0.500. The summed E-state index contributed by atoms with van der Waals surface area (Å²) in [7, 11) is 3.34. The van der Waals surface area contributed by atoms with Crippen LogP contribution in [0.2, 0.25) is 0 Å². The minimum atomic E-state index is 0.0212. The molecule has 5 nitrogen and oxygen atoms in total. The van der Waals surface area contributed by atoms with Gasteiger partial charge >= 0.3 is 0 Å². The average Bonchev–Trinajstić information content (AvgIpc) is 2.45. The van der Waals surface area contributed by atoms with Crippen molar-refractivity contribution in [2.75, 3.05) is 27.3 Å². The molecule has 0 spiro atoms. The molecule has 1 rings (SSSR count). The Kier molecular flexibility index (Phi) is 6.15. The number of carbonyl (C=O) groups is 1. The Morgan fingerprint density at radius 2 is 2.00 bits per heavy atom. The molecule has 0 aromatic heterocycles. The maximum Gasteiger partial charge on any atom is 0.226 e. The largest absolute Gasteiger partial charge is 0.493 e. The molecule has 0 bridgehead atoms.